The maximum atomic E-state index is 12.2. The number of rotatable bonds is 6. The minimum absolute atomic E-state index is 0.00646. The summed E-state index contributed by atoms with van der Waals surface area (Å²) in [5.74, 6) is 1.16. The van der Waals surface area contributed by atoms with Crippen LogP contribution in [0.2, 0.25) is 0 Å². The molecule has 2 aromatic rings. The van der Waals surface area contributed by atoms with Crippen molar-refractivity contribution in [3.63, 3.8) is 0 Å². The molecule has 1 aromatic carbocycles. The Morgan fingerprint density at radius 3 is 2.80 bits per heavy atom. The highest BCUT2D eigenvalue weighted by Gasteiger charge is 2.26. The monoisotopic (exact) mass is 342 g/mol. The van der Waals surface area contributed by atoms with E-state index in [-0.39, 0.29) is 24.2 Å². The molecule has 8 heteroatoms. The zero-order chi connectivity index (χ0) is 17.6. The van der Waals surface area contributed by atoms with E-state index >= 15 is 0 Å². The summed E-state index contributed by atoms with van der Waals surface area (Å²) in [6.07, 6.45) is 2.00. The van der Waals surface area contributed by atoms with E-state index in [2.05, 4.69) is 10.3 Å². The molecule has 1 amide bonds. The van der Waals surface area contributed by atoms with Crippen molar-refractivity contribution in [1.82, 2.24) is 9.88 Å². The van der Waals surface area contributed by atoms with Crippen LogP contribution in [0.4, 0.5) is 11.5 Å². The summed E-state index contributed by atoms with van der Waals surface area (Å²) >= 11 is 0. The molecule has 8 nitrogen and oxygen atoms in total. The molecule has 1 saturated heterocycles. The molecule has 0 spiro atoms. The summed E-state index contributed by atoms with van der Waals surface area (Å²) in [4.78, 5) is 28.1. The summed E-state index contributed by atoms with van der Waals surface area (Å²) in [7, 11) is 0. The highest BCUT2D eigenvalue weighted by atomic mass is 16.6. The van der Waals surface area contributed by atoms with E-state index in [1.165, 1.54) is 12.3 Å². The van der Waals surface area contributed by atoms with E-state index in [0.29, 0.717) is 24.7 Å². The van der Waals surface area contributed by atoms with Crippen molar-refractivity contribution in [2.24, 2.45) is 0 Å². The van der Waals surface area contributed by atoms with Gasteiger partial charge >= 0.3 is 0 Å². The molecule has 1 atom stereocenters. The van der Waals surface area contributed by atoms with E-state index in [0.717, 1.165) is 6.42 Å². The fourth-order valence-corrected chi connectivity index (χ4v) is 2.65. The second kappa shape index (κ2) is 7.61. The zero-order valence-corrected chi connectivity index (χ0v) is 13.5. The fourth-order valence-electron chi connectivity index (χ4n) is 2.65. The summed E-state index contributed by atoms with van der Waals surface area (Å²) in [6, 6.07) is 12.2. The largest absolute Gasteiger partial charge is 0.484 e. The van der Waals surface area contributed by atoms with Crippen LogP contribution in [0.3, 0.4) is 0 Å². The molecule has 0 aliphatic carbocycles. The van der Waals surface area contributed by atoms with E-state index < -0.39 is 4.92 Å². The lowest BCUT2D eigenvalue weighted by molar-refractivity contribution is -0.385. The van der Waals surface area contributed by atoms with Crippen molar-refractivity contribution in [2.45, 2.75) is 12.5 Å². The van der Waals surface area contributed by atoms with Gasteiger partial charge in [0.25, 0.3) is 11.6 Å². The zero-order valence-electron chi connectivity index (χ0n) is 13.5. The molecule has 1 aromatic heterocycles. The molecule has 1 aliphatic heterocycles. The van der Waals surface area contributed by atoms with Crippen molar-refractivity contribution in [3.05, 3.63) is 58.8 Å². The third kappa shape index (κ3) is 4.43. The number of para-hydroxylation sites is 1. The second-order valence-corrected chi connectivity index (χ2v) is 5.73. The van der Waals surface area contributed by atoms with Crippen LogP contribution in [-0.4, -0.2) is 46.5 Å². The highest BCUT2D eigenvalue weighted by molar-refractivity contribution is 5.78. The molecule has 1 fully saturated rings. The lowest BCUT2D eigenvalue weighted by Gasteiger charge is -2.17. The normalized spacial score (nSPS) is 16.5. The van der Waals surface area contributed by atoms with Gasteiger partial charge in [-0.3, -0.25) is 14.9 Å². The molecule has 130 valence electrons. The number of ether oxygens (including phenoxy) is 1. The Morgan fingerprint density at radius 1 is 1.32 bits per heavy atom. The molecule has 2 heterocycles. The number of aromatic nitrogens is 1. The first-order chi connectivity index (χ1) is 12.1. The average Bonchev–Trinajstić information content (AvgIpc) is 3.09. The maximum Gasteiger partial charge on any atom is 0.287 e. The first kappa shape index (κ1) is 16.7. The van der Waals surface area contributed by atoms with Gasteiger partial charge in [-0.05, 0) is 24.6 Å². The summed E-state index contributed by atoms with van der Waals surface area (Å²) < 4.78 is 5.48. The number of nitrogens with one attached hydrogen (secondary N) is 1. The number of pyridine rings is 1. The SMILES string of the molecule is O=C(COc1ccccc1)N1CCC(Nc2ccc([N+](=O)[O-])cn2)C1. The standard InChI is InChI=1S/C17H18N4O4/c22-17(12-25-15-4-2-1-3-5-15)20-9-8-13(11-20)19-16-7-6-14(10-18-16)21(23)24/h1-7,10,13H,8-9,11-12H2,(H,18,19). The van der Waals surface area contributed by atoms with E-state index in [4.69, 9.17) is 4.74 Å². The molecule has 3 rings (SSSR count). The highest BCUT2D eigenvalue weighted by Crippen LogP contribution is 2.17. The van der Waals surface area contributed by atoms with Gasteiger partial charge in [-0.1, -0.05) is 18.2 Å². The van der Waals surface area contributed by atoms with Gasteiger partial charge in [0.15, 0.2) is 6.61 Å². The number of likely N-dealkylation sites (tertiary alicyclic amines) is 1. The number of carbonyl (C=O) groups is 1. The average molecular weight is 342 g/mol. The van der Waals surface area contributed by atoms with Crippen molar-refractivity contribution >= 4 is 17.4 Å². The quantitative estimate of drug-likeness (QED) is 0.637. The van der Waals surface area contributed by atoms with Crippen LogP contribution in [0.5, 0.6) is 5.75 Å². The van der Waals surface area contributed by atoms with Gasteiger partial charge in [0.1, 0.15) is 17.8 Å². The van der Waals surface area contributed by atoms with Crippen molar-refractivity contribution in [3.8, 4) is 5.75 Å². The van der Waals surface area contributed by atoms with Gasteiger partial charge < -0.3 is 15.0 Å². The van der Waals surface area contributed by atoms with Gasteiger partial charge in [0.05, 0.1) is 4.92 Å². The van der Waals surface area contributed by atoms with Gasteiger partial charge in [-0.25, -0.2) is 4.98 Å². The number of amides is 1. The summed E-state index contributed by atoms with van der Waals surface area (Å²) in [5, 5.41) is 13.8. The van der Waals surface area contributed by atoms with Crippen LogP contribution in [0.1, 0.15) is 6.42 Å². The van der Waals surface area contributed by atoms with Crippen molar-refractivity contribution in [1.29, 1.82) is 0 Å². The van der Waals surface area contributed by atoms with Crippen LogP contribution >= 0.6 is 0 Å². The third-order valence-electron chi connectivity index (χ3n) is 3.96. The van der Waals surface area contributed by atoms with E-state index in [1.54, 1.807) is 11.0 Å². The van der Waals surface area contributed by atoms with Crippen LogP contribution in [0.15, 0.2) is 48.7 Å². The minimum atomic E-state index is -0.487. The molecule has 25 heavy (non-hydrogen) atoms. The Bertz CT molecular complexity index is 736. The minimum Gasteiger partial charge on any atom is -0.484 e. The first-order valence-corrected chi connectivity index (χ1v) is 7.94. The topological polar surface area (TPSA) is 97.6 Å². The molecule has 1 aliphatic rings. The number of nitrogens with zero attached hydrogens (tertiary/aromatic N) is 3. The Balaban J connectivity index is 1.47. The summed E-state index contributed by atoms with van der Waals surface area (Å²) in [5.41, 5.74) is -0.0492. The predicted molar refractivity (Wildman–Crippen MR) is 91.4 cm³/mol. The third-order valence-corrected chi connectivity index (χ3v) is 3.96. The van der Waals surface area contributed by atoms with Crippen LogP contribution < -0.4 is 10.1 Å². The molecule has 0 saturated carbocycles. The Labute approximate surface area is 144 Å². The predicted octanol–water partition coefficient (Wildman–Crippen LogP) is 2.08. The van der Waals surface area contributed by atoms with E-state index in [1.807, 2.05) is 30.3 Å². The molecular weight excluding hydrogens is 324 g/mol. The maximum absolute atomic E-state index is 12.2. The Hall–Kier alpha value is -3.16. The molecule has 1 unspecified atom stereocenters. The second-order valence-electron chi connectivity index (χ2n) is 5.73. The molecule has 1 N–H and O–H groups in total. The number of carbonyl (C=O) groups excluding carboxylic acids is 1. The van der Waals surface area contributed by atoms with Crippen LogP contribution in [-0.2, 0) is 4.79 Å². The van der Waals surface area contributed by atoms with Gasteiger partial charge in [-0.2, -0.15) is 0 Å². The number of hydrogen-bond acceptors (Lipinski definition) is 6. The van der Waals surface area contributed by atoms with Crippen LogP contribution in [0.25, 0.3) is 0 Å². The first-order valence-electron chi connectivity index (χ1n) is 7.94. The Morgan fingerprint density at radius 2 is 2.12 bits per heavy atom. The smallest absolute Gasteiger partial charge is 0.287 e. The number of benzene rings is 1. The number of anilines is 1. The van der Waals surface area contributed by atoms with Crippen LogP contribution in [0, 0.1) is 10.1 Å². The molecule has 0 radical (unpaired) electrons. The van der Waals surface area contributed by atoms with Crippen molar-refractivity contribution in [2.75, 3.05) is 25.0 Å². The van der Waals surface area contributed by atoms with Crippen molar-refractivity contribution < 1.29 is 14.5 Å². The number of nitro groups is 1. The van der Waals surface area contributed by atoms with Gasteiger partial charge in [0.2, 0.25) is 0 Å². The summed E-state index contributed by atoms with van der Waals surface area (Å²) in [6.45, 7) is 1.20. The molecular formula is C17H18N4O4. The fraction of sp³-hybridized carbons (Fsp3) is 0.294. The number of hydrogen-bond donors (Lipinski definition) is 1. The molecule has 0 bridgehead atoms. The van der Waals surface area contributed by atoms with E-state index in [9.17, 15) is 14.9 Å². The van der Waals surface area contributed by atoms with Gasteiger partial charge in [-0.15, -0.1) is 0 Å². The lowest BCUT2D eigenvalue weighted by Crippen LogP contribution is -2.35. The lowest BCUT2D eigenvalue weighted by atomic mass is 10.2. The Kier molecular flexibility index (Phi) is 5.08. The van der Waals surface area contributed by atoms with Gasteiger partial charge in [0, 0.05) is 25.2 Å².